The maximum absolute atomic E-state index is 4.38. The van der Waals surface area contributed by atoms with Crippen molar-refractivity contribution in [2.24, 2.45) is 0 Å². The van der Waals surface area contributed by atoms with Gasteiger partial charge in [0, 0.05) is 18.0 Å². The van der Waals surface area contributed by atoms with E-state index in [0.29, 0.717) is 0 Å². The van der Waals surface area contributed by atoms with Crippen molar-refractivity contribution in [2.75, 3.05) is 0 Å². The Balaban J connectivity index is 2.55. The maximum atomic E-state index is 4.38. The summed E-state index contributed by atoms with van der Waals surface area (Å²) >= 11 is 0. The molecule has 13 heavy (non-hydrogen) atoms. The van der Waals surface area contributed by atoms with E-state index in [1.807, 2.05) is 36.5 Å². The van der Waals surface area contributed by atoms with Crippen molar-refractivity contribution >= 4 is 10.9 Å². The third kappa shape index (κ3) is 1.56. The summed E-state index contributed by atoms with van der Waals surface area (Å²) in [6.07, 6.45) is 4.39. The zero-order valence-corrected chi connectivity index (χ0v) is 7.27. The summed E-state index contributed by atoms with van der Waals surface area (Å²) in [4.78, 5) is 8.60. The lowest BCUT2D eigenvalue weighted by atomic mass is 10.2. The number of aromatic nitrogens is 2. The molecule has 2 nitrogen and oxygen atoms in total. The van der Waals surface area contributed by atoms with Gasteiger partial charge in [-0.05, 0) is 6.07 Å². The van der Waals surface area contributed by atoms with E-state index in [1.165, 1.54) is 0 Å². The van der Waals surface area contributed by atoms with E-state index in [0.717, 1.165) is 23.1 Å². The molecule has 0 N–H and O–H groups in total. The third-order valence-electron chi connectivity index (χ3n) is 1.87. The molecule has 2 aromatic rings. The van der Waals surface area contributed by atoms with Crippen molar-refractivity contribution < 1.29 is 0 Å². The second-order valence-corrected chi connectivity index (χ2v) is 2.84. The van der Waals surface area contributed by atoms with Gasteiger partial charge in [-0.3, -0.25) is 0 Å². The van der Waals surface area contributed by atoms with Crippen LogP contribution in [0, 0.1) is 0 Å². The van der Waals surface area contributed by atoms with Crippen molar-refractivity contribution in [3.8, 4) is 0 Å². The van der Waals surface area contributed by atoms with Gasteiger partial charge in [-0.1, -0.05) is 24.3 Å². The molecular weight excluding hydrogens is 160 g/mol. The summed E-state index contributed by atoms with van der Waals surface area (Å²) < 4.78 is 0. The molecule has 0 aliphatic heterocycles. The molecule has 2 rings (SSSR count). The monoisotopic (exact) mass is 170 g/mol. The topological polar surface area (TPSA) is 25.8 Å². The second kappa shape index (κ2) is 3.35. The van der Waals surface area contributed by atoms with E-state index >= 15 is 0 Å². The fraction of sp³-hybridized carbons (Fsp3) is 0.0909. The van der Waals surface area contributed by atoms with Crippen LogP contribution in [-0.4, -0.2) is 9.97 Å². The minimum absolute atomic E-state index is 0.727. The molecule has 1 aromatic carbocycles. The third-order valence-corrected chi connectivity index (χ3v) is 1.87. The number of nitrogens with zero attached hydrogens (tertiary/aromatic N) is 2. The highest BCUT2D eigenvalue weighted by Gasteiger charge is 1.96. The molecule has 2 heteroatoms. The van der Waals surface area contributed by atoms with Crippen LogP contribution in [0.2, 0.25) is 0 Å². The zero-order valence-electron chi connectivity index (χ0n) is 7.27. The van der Waals surface area contributed by atoms with Gasteiger partial charge in [0.25, 0.3) is 0 Å². The van der Waals surface area contributed by atoms with E-state index in [2.05, 4.69) is 16.5 Å². The van der Waals surface area contributed by atoms with Crippen LogP contribution in [0.4, 0.5) is 0 Å². The fourth-order valence-electron chi connectivity index (χ4n) is 1.24. The Bertz CT molecular complexity index is 435. The molecule has 0 amide bonds. The van der Waals surface area contributed by atoms with E-state index in [-0.39, 0.29) is 0 Å². The smallest absolute Gasteiger partial charge is 0.132 e. The number of fused-ring (bicyclic) bond motifs is 1. The van der Waals surface area contributed by atoms with Crippen LogP contribution < -0.4 is 0 Å². The molecule has 0 saturated carbocycles. The average Bonchev–Trinajstić information content (AvgIpc) is 2.18. The molecule has 0 fully saturated rings. The second-order valence-electron chi connectivity index (χ2n) is 2.84. The van der Waals surface area contributed by atoms with Crippen molar-refractivity contribution in [3.63, 3.8) is 0 Å². The molecular formula is C11H10N2. The molecule has 0 aliphatic carbocycles. The standard InChI is InChI=1S/C11H10N2/c1-2-5-11-12-8-9-6-3-4-7-10(9)13-11/h2-4,6-8H,1,5H2. The molecule has 0 saturated heterocycles. The van der Waals surface area contributed by atoms with Gasteiger partial charge in [0.15, 0.2) is 0 Å². The number of hydrogen-bond donors (Lipinski definition) is 0. The van der Waals surface area contributed by atoms with Gasteiger partial charge < -0.3 is 0 Å². The lowest BCUT2D eigenvalue weighted by Gasteiger charge is -1.98. The van der Waals surface area contributed by atoms with Crippen molar-refractivity contribution in [2.45, 2.75) is 6.42 Å². The van der Waals surface area contributed by atoms with Gasteiger partial charge in [-0.15, -0.1) is 6.58 Å². The highest BCUT2D eigenvalue weighted by Crippen LogP contribution is 2.09. The van der Waals surface area contributed by atoms with E-state index in [1.54, 1.807) is 0 Å². The van der Waals surface area contributed by atoms with Gasteiger partial charge in [-0.2, -0.15) is 0 Å². The van der Waals surface area contributed by atoms with E-state index < -0.39 is 0 Å². The van der Waals surface area contributed by atoms with Gasteiger partial charge in [-0.25, -0.2) is 9.97 Å². The highest BCUT2D eigenvalue weighted by atomic mass is 14.9. The van der Waals surface area contributed by atoms with Crippen LogP contribution in [0.15, 0.2) is 43.1 Å². The lowest BCUT2D eigenvalue weighted by molar-refractivity contribution is 1.02. The first-order valence-corrected chi connectivity index (χ1v) is 4.22. The Morgan fingerprint density at radius 1 is 1.31 bits per heavy atom. The van der Waals surface area contributed by atoms with Gasteiger partial charge in [0.1, 0.15) is 5.82 Å². The first-order chi connectivity index (χ1) is 6.40. The molecule has 0 atom stereocenters. The molecule has 1 aromatic heterocycles. The number of allylic oxidation sites excluding steroid dienone is 1. The number of hydrogen-bond acceptors (Lipinski definition) is 2. The van der Waals surface area contributed by atoms with Crippen LogP contribution in [0.25, 0.3) is 10.9 Å². The van der Waals surface area contributed by atoms with Gasteiger partial charge >= 0.3 is 0 Å². The molecule has 0 aliphatic rings. The first kappa shape index (κ1) is 7.92. The minimum atomic E-state index is 0.727. The van der Waals surface area contributed by atoms with Crippen LogP contribution in [-0.2, 0) is 6.42 Å². The van der Waals surface area contributed by atoms with Gasteiger partial charge in [0.2, 0.25) is 0 Å². The Morgan fingerprint density at radius 3 is 3.00 bits per heavy atom. The molecule has 1 heterocycles. The SMILES string of the molecule is C=CCc1ncc2ccccc2n1. The number of rotatable bonds is 2. The predicted octanol–water partition coefficient (Wildman–Crippen LogP) is 2.36. The molecule has 0 radical (unpaired) electrons. The van der Waals surface area contributed by atoms with E-state index in [9.17, 15) is 0 Å². The predicted molar refractivity (Wildman–Crippen MR) is 53.4 cm³/mol. The quantitative estimate of drug-likeness (QED) is 0.646. The zero-order chi connectivity index (χ0) is 9.10. The van der Waals surface area contributed by atoms with Crippen LogP contribution in [0.1, 0.15) is 5.82 Å². The molecule has 0 spiro atoms. The van der Waals surface area contributed by atoms with Crippen LogP contribution >= 0.6 is 0 Å². The summed E-state index contributed by atoms with van der Waals surface area (Å²) in [5.74, 6) is 0.828. The van der Waals surface area contributed by atoms with Crippen LogP contribution in [0.5, 0.6) is 0 Å². The Kier molecular flexibility index (Phi) is 2.04. The average molecular weight is 170 g/mol. The summed E-state index contributed by atoms with van der Waals surface area (Å²) in [6.45, 7) is 3.66. The van der Waals surface area contributed by atoms with Gasteiger partial charge in [0.05, 0.1) is 5.52 Å². The van der Waals surface area contributed by atoms with Crippen molar-refractivity contribution in [3.05, 3.63) is 48.9 Å². The highest BCUT2D eigenvalue weighted by molar-refractivity contribution is 5.77. The van der Waals surface area contributed by atoms with Crippen LogP contribution in [0.3, 0.4) is 0 Å². The molecule has 0 unspecified atom stereocenters. The number of benzene rings is 1. The Labute approximate surface area is 77.0 Å². The van der Waals surface area contributed by atoms with Crippen molar-refractivity contribution in [1.82, 2.24) is 9.97 Å². The number of para-hydroxylation sites is 1. The molecule has 0 bridgehead atoms. The minimum Gasteiger partial charge on any atom is -0.240 e. The maximum Gasteiger partial charge on any atom is 0.132 e. The van der Waals surface area contributed by atoms with E-state index in [4.69, 9.17) is 0 Å². The van der Waals surface area contributed by atoms with Crippen molar-refractivity contribution in [1.29, 1.82) is 0 Å². The summed E-state index contributed by atoms with van der Waals surface area (Å²) in [6, 6.07) is 7.96. The summed E-state index contributed by atoms with van der Waals surface area (Å²) in [5.41, 5.74) is 0.995. The largest absolute Gasteiger partial charge is 0.240 e. The first-order valence-electron chi connectivity index (χ1n) is 4.22. The summed E-state index contributed by atoms with van der Waals surface area (Å²) in [7, 11) is 0. The fourth-order valence-corrected chi connectivity index (χ4v) is 1.24. The molecule has 64 valence electrons. The Hall–Kier alpha value is -1.70. The Morgan fingerprint density at radius 2 is 2.15 bits per heavy atom. The normalized spacial score (nSPS) is 10.2. The lowest BCUT2D eigenvalue weighted by Crippen LogP contribution is -1.92. The summed E-state index contributed by atoms with van der Waals surface area (Å²) in [5, 5.41) is 1.08.